The Morgan fingerprint density at radius 1 is 0.707 bits per heavy atom. The third kappa shape index (κ3) is 5.07. The van der Waals surface area contributed by atoms with Crippen LogP contribution >= 0.6 is 0 Å². The molecule has 0 aromatic heterocycles. The Balaban J connectivity index is 1.30. The quantitative estimate of drug-likeness (QED) is 0.252. The molecule has 41 heavy (non-hydrogen) atoms. The summed E-state index contributed by atoms with van der Waals surface area (Å²) in [5, 5.41) is 0. The third-order valence-electron chi connectivity index (χ3n) is 8.54. The predicted octanol–water partition coefficient (Wildman–Crippen LogP) is 8.26. The number of para-hydroxylation sites is 1. The lowest BCUT2D eigenvalue weighted by molar-refractivity contribution is 0.171. The van der Waals surface area contributed by atoms with E-state index in [1.54, 1.807) is 0 Å². The van der Waals surface area contributed by atoms with E-state index >= 15 is 0 Å². The molecular weight excluding hydrogens is 504 g/mol. The fourth-order valence-electron chi connectivity index (χ4n) is 5.92. The second-order valence-electron chi connectivity index (χ2n) is 12.4. The third-order valence-corrected chi connectivity index (χ3v) is 8.54. The number of anilines is 3. The van der Waals surface area contributed by atoms with Gasteiger partial charge in [0.2, 0.25) is 0 Å². The summed E-state index contributed by atoms with van der Waals surface area (Å²) in [4.78, 5) is 9.18. The first kappa shape index (κ1) is 27.0. The second-order valence-corrected chi connectivity index (χ2v) is 12.4. The van der Waals surface area contributed by atoms with Gasteiger partial charge in [0.15, 0.2) is 0 Å². The van der Waals surface area contributed by atoms with Gasteiger partial charge in [0.25, 0.3) is 0 Å². The van der Waals surface area contributed by atoms with Gasteiger partial charge in [0.1, 0.15) is 11.5 Å². The van der Waals surface area contributed by atoms with E-state index in [0.29, 0.717) is 0 Å². The topological polar surface area (TPSA) is 22.2 Å². The highest BCUT2D eigenvalue weighted by Crippen LogP contribution is 2.46. The molecule has 0 fully saturated rings. The summed E-state index contributed by atoms with van der Waals surface area (Å²) >= 11 is 0. The predicted molar refractivity (Wildman–Crippen MR) is 170 cm³/mol. The molecule has 1 unspecified atom stereocenters. The minimum atomic E-state index is -0.254. The van der Waals surface area contributed by atoms with Crippen molar-refractivity contribution in [2.75, 3.05) is 37.2 Å². The molecule has 2 aliphatic rings. The zero-order valence-corrected chi connectivity index (χ0v) is 25.0. The molecule has 6 rings (SSSR count). The Morgan fingerprint density at radius 2 is 1.37 bits per heavy atom. The van der Waals surface area contributed by atoms with Crippen molar-refractivity contribution in [2.45, 2.75) is 38.6 Å². The van der Waals surface area contributed by atoms with Gasteiger partial charge >= 0.3 is 0 Å². The first-order chi connectivity index (χ1) is 19.6. The van der Waals surface area contributed by atoms with Crippen molar-refractivity contribution in [2.24, 2.45) is 0 Å². The van der Waals surface area contributed by atoms with Gasteiger partial charge in [-0.3, -0.25) is 4.90 Å². The standard InChI is InChI=1S/C36H40N4O/c1-35(2,3)27-17-19-28(20-18-27)36(4)33-15-7-8-16-34(33)40(26-38(36)6)30-12-10-14-32(24-30)41-31-13-9-11-29(23-31)39-22-21-37(5)25-39/h7-24H,25-26H2,1-6H3. The molecule has 0 spiro atoms. The molecule has 0 aliphatic carbocycles. The van der Waals surface area contributed by atoms with Crippen LogP contribution in [-0.2, 0) is 11.0 Å². The molecule has 0 bridgehead atoms. The van der Waals surface area contributed by atoms with Crippen molar-refractivity contribution in [3.63, 3.8) is 0 Å². The van der Waals surface area contributed by atoms with Crippen LogP contribution in [0.3, 0.4) is 0 Å². The molecular formula is C36H40N4O. The highest BCUT2D eigenvalue weighted by atomic mass is 16.5. The van der Waals surface area contributed by atoms with Crippen LogP contribution in [-0.4, -0.2) is 37.2 Å². The Bertz CT molecular complexity index is 1570. The van der Waals surface area contributed by atoms with E-state index in [1.807, 2.05) is 18.2 Å². The second kappa shape index (κ2) is 10.3. The molecule has 4 aromatic rings. The van der Waals surface area contributed by atoms with Gasteiger partial charge in [0.05, 0.1) is 18.9 Å². The zero-order valence-electron chi connectivity index (χ0n) is 25.0. The molecule has 0 saturated carbocycles. The summed E-state index contributed by atoms with van der Waals surface area (Å²) in [6, 6.07) is 34.7. The summed E-state index contributed by atoms with van der Waals surface area (Å²) in [6.07, 6.45) is 4.17. The van der Waals surface area contributed by atoms with Crippen molar-refractivity contribution >= 4 is 17.1 Å². The molecule has 0 amide bonds. The van der Waals surface area contributed by atoms with Crippen LogP contribution in [0.2, 0.25) is 0 Å². The minimum absolute atomic E-state index is 0.128. The number of fused-ring (bicyclic) bond motifs is 1. The SMILES string of the molecule is CN1C=CN(c2cccc(Oc3cccc(N4CN(C)C(C)(c5ccc(C(C)(C)C)cc5)c5ccccc54)c3)c2)C1. The number of hydrogen-bond acceptors (Lipinski definition) is 5. The Labute approximate surface area is 244 Å². The van der Waals surface area contributed by atoms with E-state index in [-0.39, 0.29) is 11.0 Å². The zero-order chi connectivity index (χ0) is 28.8. The summed E-state index contributed by atoms with van der Waals surface area (Å²) in [5.41, 5.74) is 7.25. The average Bonchev–Trinajstić information content (AvgIpc) is 3.41. The van der Waals surface area contributed by atoms with E-state index in [9.17, 15) is 0 Å². The van der Waals surface area contributed by atoms with Crippen LogP contribution < -0.4 is 14.5 Å². The van der Waals surface area contributed by atoms with Gasteiger partial charge in [-0.2, -0.15) is 0 Å². The number of benzene rings is 4. The van der Waals surface area contributed by atoms with E-state index in [2.05, 4.69) is 153 Å². The van der Waals surface area contributed by atoms with Crippen molar-refractivity contribution in [1.82, 2.24) is 9.80 Å². The van der Waals surface area contributed by atoms with Gasteiger partial charge in [-0.15, -0.1) is 0 Å². The fourth-order valence-corrected chi connectivity index (χ4v) is 5.92. The Kier molecular flexibility index (Phi) is 6.79. The van der Waals surface area contributed by atoms with E-state index < -0.39 is 0 Å². The average molecular weight is 545 g/mol. The fraction of sp³-hybridized carbons (Fsp3) is 0.278. The van der Waals surface area contributed by atoms with Gasteiger partial charge in [0, 0.05) is 54.2 Å². The van der Waals surface area contributed by atoms with E-state index in [1.165, 1.54) is 22.4 Å². The maximum atomic E-state index is 6.40. The van der Waals surface area contributed by atoms with Crippen LogP contribution in [0.25, 0.3) is 0 Å². The normalized spacial score (nSPS) is 19.0. The number of rotatable bonds is 5. The summed E-state index contributed by atoms with van der Waals surface area (Å²) in [5.74, 6) is 1.64. The highest BCUT2D eigenvalue weighted by molar-refractivity contribution is 5.71. The molecule has 5 nitrogen and oxygen atoms in total. The lowest BCUT2D eigenvalue weighted by Gasteiger charge is -2.49. The molecule has 4 aromatic carbocycles. The minimum Gasteiger partial charge on any atom is -0.457 e. The lowest BCUT2D eigenvalue weighted by Crippen LogP contribution is -2.51. The molecule has 0 saturated heterocycles. The van der Waals surface area contributed by atoms with Crippen LogP contribution in [0.5, 0.6) is 11.5 Å². The van der Waals surface area contributed by atoms with Crippen LogP contribution in [0.4, 0.5) is 17.1 Å². The van der Waals surface area contributed by atoms with Crippen molar-refractivity contribution in [3.05, 3.63) is 126 Å². The van der Waals surface area contributed by atoms with Gasteiger partial charge in [-0.05, 0) is 60.8 Å². The lowest BCUT2D eigenvalue weighted by atomic mass is 9.79. The van der Waals surface area contributed by atoms with E-state index in [4.69, 9.17) is 4.74 Å². The van der Waals surface area contributed by atoms with Crippen LogP contribution in [0, 0.1) is 0 Å². The maximum Gasteiger partial charge on any atom is 0.129 e. The first-order valence-electron chi connectivity index (χ1n) is 14.4. The summed E-state index contributed by atoms with van der Waals surface area (Å²) in [7, 11) is 4.29. The molecule has 0 radical (unpaired) electrons. The molecule has 0 N–H and O–H groups in total. The Morgan fingerprint density at radius 3 is 2.02 bits per heavy atom. The largest absolute Gasteiger partial charge is 0.457 e. The first-order valence-corrected chi connectivity index (χ1v) is 14.4. The van der Waals surface area contributed by atoms with Gasteiger partial charge in [-0.1, -0.05) is 75.4 Å². The van der Waals surface area contributed by atoms with Crippen molar-refractivity contribution < 1.29 is 4.74 Å². The number of nitrogens with zero attached hydrogens (tertiary/aromatic N) is 4. The van der Waals surface area contributed by atoms with E-state index in [0.717, 1.165) is 36.2 Å². The smallest absolute Gasteiger partial charge is 0.129 e. The monoisotopic (exact) mass is 544 g/mol. The van der Waals surface area contributed by atoms with Gasteiger partial charge in [-0.25, -0.2) is 0 Å². The highest BCUT2D eigenvalue weighted by Gasteiger charge is 2.41. The molecule has 210 valence electrons. The van der Waals surface area contributed by atoms with Crippen LogP contribution in [0.1, 0.15) is 44.4 Å². The molecule has 2 aliphatic heterocycles. The summed E-state index contributed by atoms with van der Waals surface area (Å²) in [6.45, 7) is 10.7. The maximum absolute atomic E-state index is 6.40. The summed E-state index contributed by atoms with van der Waals surface area (Å²) < 4.78 is 6.40. The molecule has 1 atom stereocenters. The van der Waals surface area contributed by atoms with Crippen molar-refractivity contribution in [3.8, 4) is 11.5 Å². The molecule has 5 heteroatoms. The number of ether oxygens (including phenoxy) is 1. The van der Waals surface area contributed by atoms with Crippen molar-refractivity contribution in [1.29, 1.82) is 0 Å². The van der Waals surface area contributed by atoms with Crippen LogP contribution in [0.15, 0.2) is 109 Å². The molecule has 2 heterocycles. The van der Waals surface area contributed by atoms with Gasteiger partial charge < -0.3 is 19.4 Å². The number of hydrogen-bond donors (Lipinski definition) is 0. The Hall–Kier alpha value is -4.22.